The number of nitrogen functional groups attached to an aromatic ring is 1. The van der Waals surface area contributed by atoms with Crippen molar-refractivity contribution in [3.05, 3.63) is 64.8 Å². The van der Waals surface area contributed by atoms with E-state index in [-0.39, 0.29) is 17.7 Å². The van der Waals surface area contributed by atoms with E-state index in [1.807, 2.05) is 30.2 Å². The third kappa shape index (κ3) is 5.43. The van der Waals surface area contributed by atoms with Crippen LogP contribution in [-0.2, 0) is 22.6 Å². The maximum atomic E-state index is 12.9. The minimum absolute atomic E-state index is 0.143. The van der Waals surface area contributed by atoms with Crippen LogP contribution in [0.3, 0.4) is 0 Å². The van der Waals surface area contributed by atoms with Crippen LogP contribution in [0.25, 0.3) is 10.6 Å². The topological polar surface area (TPSA) is 127 Å². The summed E-state index contributed by atoms with van der Waals surface area (Å²) in [7, 11) is 0. The second-order valence-corrected chi connectivity index (χ2v) is 9.72. The largest absolute Gasteiger partial charge is 0.384 e. The second-order valence-electron chi connectivity index (χ2n) is 8.83. The number of thiazole rings is 1. The fourth-order valence-corrected chi connectivity index (χ4v) is 5.21. The Morgan fingerprint density at radius 3 is 2.65 bits per heavy atom. The van der Waals surface area contributed by atoms with Crippen molar-refractivity contribution in [2.75, 3.05) is 12.3 Å². The maximum Gasteiger partial charge on any atom is 0.237 e. The summed E-state index contributed by atoms with van der Waals surface area (Å²) in [5.74, 6) is 0.156. The number of aryl methyl sites for hydroxylation is 1. The Bertz CT molecular complexity index is 1150. The van der Waals surface area contributed by atoms with Gasteiger partial charge in [-0.25, -0.2) is 9.97 Å². The number of benzene rings is 1. The van der Waals surface area contributed by atoms with Gasteiger partial charge in [0.15, 0.2) is 0 Å². The number of amides is 2. The molecule has 2 unspecified atom stereocenters. The minimum Gasteiger partial charge on any atom is -0.384 e. The molecule has 5 N–H and O–H groups in total. The quantitative estimate of drug-likeness (QED) is 0.457. The Morgan fingerprint density at radius 2 is 2.00 bits per heavy atom. The number of hydrogen-bond acceptors (Lipinski definition) is 7. The van der Waals surface area contributed by atoms with Crippen LogP contribution in [0.5, 0.6) is 0 Å². The van der Waals surface area contributed by atoms with Crippen LogP contribution in [0.15, 0.2) is 48.0 Å². The van der Waals surface area contributed by atoms with E-state index in [0.29, 0.717) is 25.3 Å². The average Bonchev–Trinajstić information content (AvgIpc) is 3.49. The standard InChI is InChI=1S/C25H30N6O2S/c1-15-20(7-8-22(26)30-15)13-29-24(33)16(2)31-14-18(12-21(31)23(27)32)11-17-3-5-19(6-4-17)25-28-9-10-34-25/h3-10,16,18,21H,11-14H2,1-2H3,(H2,26,30)(H2,27,32)(H,29,33)/t16-,18?,21?/m0/s1. The number of carbonyl (C=O) groups excluding carboxylic acids is 2. The Labute approximate surface area is 203 Å². The molecule has 0 saturated carbocycles. The number of hydrogen-bond donors (Lipinski definition) is 3. The molecule has 0 spiro atoms. The highest BCUT2D eigenvalue weighted by Crippen LogP contribution is 2.29. The monoisotopic (exact) mass is 478 g/mol. The van der Waals surface area contributed by atoms with Crippen LogP contribution in [-0.4, -0.2) is 45.3 Å². The molecule has 8 nitrogen and oxygen atoms in total. The molecule has 1 fully saturated rings. The molecule has 3 atom stereocenters. The molecule has 0 aliphatic carbocycles. The third-order valence-corrected chi connectivity index (χ3v) is 7.28. The van der Waals surface area contributed by atoms with Crippen molar-refractivity contribution in [2.45, 2.75) is 45.3 Å². The van der Waals surface area contributed by atoms with Gasteiger partial charge in [-0.2, -0.15) is 0 Å². The van der Waals surface area contributed by atoms with Crippen LogP contribution in [0.1, 0.15) is 30.2 Å². The molecule has 3 heterocycles. The van der Waals surface area contributed by atoms with Crippen molar-refractivity contribution in [3.63, 3.8) is 0 Å². The van der Waals surface area contributed by atoms with E-state index in [1.165, 1.54) is 5.56 Å². The highest BCUT2D eigenvalue weighted by molar-refractivity contribution is 7.13. The molecule has 1 aliphatic rings. The molecule has 1 aromatic carbocycles. The van der Waals surface area contributed by atoms with Gasteiger partial charge in [-0.1, -0.05) is 30.3 Å². The number of pyridine rings is 1. The first-order valence-electron chi connectivity index (χ1n) is 11.4. The van der Waals surface area contributed by atoms with Crippen molar-refractivity contribution >= 4 is 29.0 Å². The number of primary amides is 1. The molecule has 9 heteroatoms. The summed E-state index contributed by atoms with van der Waals surface area (Å²) >= 11 is 1.61. The van der Waals surface area contributed by atoms with Gasteiger partial charge in [0.2, 0.25) is 11.8 Å². The Morgan fingerprint density at radius 1 is 1.24 bits per heavy atom. The molecular weight excluding hydrogens is 448 g/mol. The lowest BCUT2D eigenvalue weighted by Crippen LogP contribution is -2.51. The summed E-state index contributed by atoms with van der Waals surface area (Å²) < 4.78 is 0. The molecule has 3 aromatic rings. The normalized spacial score (nSPS) is 19.1. The van der Waals surface area contributed by atoms with Gasteiger partial charge in [-0.3, -0.25) is 14.5 Å². The first-order chi connectivity index (χ1) is 16.3. The predicted molar refractivity (Wildman–Crippen MR) is 134 cm³/mol. The SMILES string of the molecule is Cc1nc(N)ccc1CNC(=O)[C@H](C)N1CC(Cc2ccc(-c3nccs3)cc2)CC1C(N)=O. The molecule has 2 amide bonds. The minimum atomic E-state index is -0.475. The van der Waals surface area contributed by atoms with Crippen molar-refractivity contribution in [3.8, 4) is 10.6 Å². The van der Waals surface area contributed by atoms with Crippen LogP contribution in [0.4, 0.5) is 5.82 Å². The molecule has 2 aromatic heterocycles. The van der Waals surface area contributed by atoms with Gasteiger partial charge in [0.05, 0.1) is 12.1 Å². The van der Waals surface area contributed by atoms with E-state index in [1.54, 1.807) is 23.6 Å². The average molecular weight is 479 g/mol. The van der Waals surface area contributed by atoms with E-state index in [0.717, 1.165) is 28.2 Å². The van der Waals surface area contributed by atoms with Crippen molar-refractivity contribution < 1.29 is 9.59 Å². The van der Waals surface area contributed by atoms with E-state index in [2.05, 4.69) is 39.6 Å². The van der Waals surface area contributed by atoms with Gasteiger partial charge in [0, 0.05) is 35.9 Å². The van der Waals surface area contributed by atoms with Crippen LogP contribution >= 0.6 is 11.3 Å². The lowest BCUT2D eigenvalue weighted by molar-refractivity contribution is -0.129. The van der Waals surface area contributed by atoms with Gasteiger partial charge < -0.3 is 16.8 Å². The molecule has 0 bridgehead atoms. The third-order valence-electron chi connectivity index (χ3n) is 6.46. The summed E-state index contributed by atoms with van der Waals surface area (Å²) in [4.78, 5) is 35.6. The van der Waals surface area contributed by atoms with Crippen LogP contribution < -0.4 is 16.8 Å². The lowest BCUT2D eigenvalue weighted by atomic mass is 9.96. The van der Waals surface area contributed by atoms with Crippen LogP contribution in [0.2, 0.25) is 0 Å². The van der Waals surface area contributed by atoms with E-state index in [9.17, 15) is 9.59 Å². The fraction of sp³-hybridized carbons (Fsp3) is 0.360. The zero-order valence-electron chi connectivity index (χ0n) is 19.4. The Balaban J connectivity index is 1.38. The zero-order chi connectivity index (χ0) is 24.2. The zero-order valence-corrected chi connectivity index (χ0v) is 20.2. The molecule has 1 aliphatic heterocycles. The summed E-state index contributed by atoms with van der Waals surface area (Å²) in [6.45, 7) is 4.68. The molecule has 1 saturated heterocycles. The van der Waals surface area contributed by atoms with E-state index < -0.39 is 12.1 Å². The van der Waals surface area contributed by atoms with Crippen molar-refractivity contribution in [1.29, 1.82) is 0 Å². The Kier molecular flexibility index (Phi) is 7.23. The van der Waals surface area contributed by atoms with Gasteiger partial charge >= 0.3 is 0 Å². The first-order valence-corrected chi connectivity index (χ1v) is 12.2. The second kappa shape index (κ2) is 10.3. The molecule has 34 heavy (non-hydrogen) atoms. The Hall–Kier alpha value is -3.30. The summed E-state index contributed by atoms with van der Waals surface area (Å²) in [6, 6.07) is 11.0. The van der Waals surface area contributed by atoms with Gasteiger partial charge in [0.25, 0.3) is 0 Å². The van der Waals surface area contributed by atoms with Crippen molar-refractivity contribution in [1.82, 2.24) is 20.2 Å². The number of aromatic nitrogens is 2. The molecule has 4 rings (SSSR count). The number of anilines is 1. The van der Waals surface area contributed by atoms with Gasteiger partial charge in [-0.05, 0) is 49.8 Å². The number of nitrogens with two attached hydrogens (primary N) is 2. The molecule has 0 radical (unpaired) electrons. The molecular formula is C25H30N6O2S. The van der Waals surface area contributed by atoms with Crippen molar-refractivity contribution in [2.24, 2.45) is 11.7 Å². The number of nitrogens with one attached hydrogen (secondary N) is 1. The van der Waals surface area contributed by atoms with E-state index >= 15 is 0 Å². The summed E-state index contributed by atoms with van der Waals surface area (Å²) in [6.07, 6.45) is 3.27. The number of likely N-dealkylation sites (tertiary alicyclic amines) is 1. The lowest BCUT2D eigenvalue weighted by Gasteiger charge is -2.28. The van der Waals surface area contributed by atoms with Gasteiger partial charge in [0.1, 0.15) is 10.8 Å². The van der Waals surface area contributed by atoms with E-state index in [4.69, 9.17) is 11.5 Å². The number of nitrogens with zero attached hydrogens (tertiary/aromatic N) is 3. The maximum absolute atomic E-state index is 12.9. The first kappa shape index (κ1) is 23.8. The highest BCUT2D eigenvalue weighted by Gasteiger charge is 2.40. The molecule has 178 valence electrons. The summed E-state index contributed by atoms with van der Waals surface area (Å²) in [5, 5.41) is 5.92. The van der Waals surface area contributed by atoms with Gasteiger partial charge in [-0.15, -0.1) is 11.3 Å². The number of rotatable bonds is 8. The number of carbonyl (C=O) groups is 2. The summed E-state index contributed by atoms with van der Waals surface area (Å²) in [5.41, 5.74) is 15.4. The van der Waals surface area contributed by atoms with Crippen LogP contribution in [0, 0.1) is 12.8 Å². The smallest absolute Gasteiger partial charge is 0.237 e. The fourth-order valence-electron chi connectivity index (χ4n) is 4.57. The highest BCUT2D eigenvalue weighted by atomic mass is 32.1. The predicted octanol–water partition coefficient (Wildman–Crippen LogP) is 2.52.